The molecule has 0 radical (unpaired) electrons. The molecule has 5 nitrogen and oxygen atoms in total. The molecule has 0 aliphatic rings. The van der Waals surface area contributed by atoms with Crippen LogP contribution in [0.5, 0.6) is 0 Å². The van der Waals surface area contributed by atoms with Gasteiger partial charge in [-0.15, -0.1) is 11.3 Å². The lowest BCUT2D eigenvalue weighted by molar-refractivity contribution is 0.103. The van der Waals surface area contributed by atoms with E-state index in [9.17, 15) is 13.2 Å². The van der Waals surface area contributed by atoms with Gasteiger partial charge in [0.25, 0.3) is 5.91 Å². The highest BCUT2D eigenvalue weighted by Crippen LogP contribution is 2.24. The lowest BCUT2D eigenvalue weighted by atomic mass is 10.2. The van der Waals surface area contributed by atoms with Crippen molar-refractivity contribution in [3.8, 4) is 0 Å². The number of primary sulfonamides is 1. The van der Waals surface area contributed by atoms with E-state index in [1.165, 1.54) is 17.4 Å². The highest BCUT2D eigenvalue weighted by molar-refractivity contribution is 7.89. The molecule has 106 valence electrons. The molecule has 0 atom stereocenters. The number of anilines is 1. The number of benzene rings is 1. The predicted octanol–water partition coefficient (Wildman–Crippen LogP) is 2.61. The standard InChI is InChI=1S/C12H11ClN2O3S2/c1-7-2-3-8(6-10(7)20(14,17)18)15-12(16)11-9(13)4-5-19-11/h2-6H,1H3,(H,15,16)(H2,14,17,18). The molecule has 0 aliphatic carbocycles. The number of carbonyl (C=O) groups excluding carboxylic acids is 1. The molecule has 1 amide bonds. The van der Waals surface area contributed by atoms with Crippen LogP contribution in [0.15, 0.2) is 34.5 Å². The lowest BCUT2D eigenvalue weighted by Gasteiger charge is -2.08. The van der Waals surface area contributed by atoms with Crippen LogP contribution in [0.1, 0.15) is 15.2 Å². The van der Waals surface area contributed by atoms with E-state index in [0.717, 1.165) is 0 Å². The molecule has 0 saturated carbocycles. The van der Waals surface area contributed by atoms with Crippen molar-refractivity contribution in [2.45, 2.75) is 11.8 Å². The molecule has 20 heavy (non-hydrogen) atoms. The van der Waals surface area contributed by atoms with Crippen molar-refractivity contribution in [2.75, 3.05) is 5.32 Å². The van der Waals surface area contributed by atoms with E-state index in [0.29, 0.717) is 21.2 Å². The van der Waals surface area contributed by atoms with Crippen LogP contribution >= 0.6 is 22.9 Å². The first-order chi connectivity index (χ1) is 9.29. The predicted molar refractivity (Wildman–Crippen MR) is 79.8 cm³/mol. The number of sulfonamides is 1. The van der Waals surface area contributed by atoms with E-state index < -0.39 is 15.9 Å². The van der Waals surface area contributed by atoms with Gasteiger partial charge in [0, 0.05) is 5.69 Å². The number of nitrogens with two attached hydrogens (primary N) is 1. The number of hydrogen-bond donors (Lipinski definition) is 2. The third-order valence-electron chi connectivity index (χ3n) is 2.58. The second-order valence-electron chi connectivity index (χ2n) is 4.08. The van der Waals surface area contributed by atoms with Gasteiger partial charge in [0.2, 0.25) is 10.0 Å². The molecule has 1 heterocycles. The minimum Gasteiger partial charge on any atom is -0.321 e. The Kier molecular flexibility index (Phi) is 4.14. The normalized spacial score (nSPS) is 11.3. The number of amides is 1. The van der Waals surface area contributed by atoms with Crippen molar-refractivity contribution in [2.24, 2.45) is 5.14 Å². The van der Waals surface area contributed by atoms with Gasteiger partial charge in [0.05, 0.1) is 9.92 Å². The molecular formula is C12H11ClN2O3S2. The molecule has 2 aromatic rings. The minimum absolute atomic E-state index is 0.0208. The van der Waals surface area contributed by atoms with Gasteiger partial charge in [-0.1, -0.05) is 17.7 Å². The Morgan fingerprint density at radius 1 is 1.35 bits per heavy atom. The maximum Gasteiger partial charge on any atom is 0.267 e. The van der Waals surface area contributed by atoms with Gasteiger partial charge in [0.1, 0.15) is 4.88 Å². The van der Waals surface area contributed by atoms with E-state index >= 15 is 0 Å². The summed E-state index contributed by atoms with van der Waals surface area (Å²) in [7, 11) is -3.83. The fraction of sp³-hybridized carbons (Fsp3) is 0.0833. The van der Waals surface area contributed by atoms with Crippen LogP contribution < -0.4 is 10.5 Å². The number of hydrogen-bond acceptors (Lipinski definition) is 4. The number of carbonyl (C=O) groups is 1. The first-order valence-corrected chi connectivity index (χ1v) is 8.27. The maximum absolute atomic E-state index is 12.0. The number of nitrogens with one attached hydrogen (secondary N) is 1. The van der Waals surface area contributed by atoms with Crippen molar-refractivity contribution in [3.05, 3.63) is 45.1 Å². The highest BCUT2D eigenvalue weighted by atomic mass is 35.5. The zero-order valence-corrected chi connectivity index (χ0v) is 12.8. The van der Waals surface area contributed by atoms with Crippen molar-refractivity contribution >= 4 is 44.6 Å². The first kappa shape index (κ1) is 15.0. The van der Waals surface area contributed by atoms with Crippen LogP contribution in [-0.2, 0) is 10.0 Å². The number of thiophene rings is 1. The van der Waals surface area contributed by atoms with Gasteiger partial charge in [-0.05, 0) is 36.1 Å². The fourth-order valence-electron chi connectivity index (χ4n) is 1.63. The number of halogens is 1. The van der Waals surface area contributed by atoms with E-state index in [1.54, 1.807) is 30.5 Å². The molecule has 0 unspecified atom stereocenters. The minimum atomic E-state index is -3.83. The van der Waals surface area contributed by atoms with E-state index in [-0.39, 0.29) is 4.90 Å². The number of aryl methyl sites for hydroxylation is 1. The lowest BCUT2D eigenvalue weighted by Crippen LogP contribution is -2.15. The molecule has 0 aliphatic heterocycles. The molecule has 0 bridgehead atoms. The topological polar surface area (TPSA) is 89.3 Å². The molecule has 0 spiro atoms. The van der Waals surface area contributed by atoms with Gasteiger partial charge >= 0.3 is 0 Å². The van der Waals surface area contributed by atoms with E-state index in [1.807, 2.05) is 0 Å². The Hall–Kier alpha value is -1.41. The fourth-order valence-corrected chi connectivity index (χ4v) is 3.47. The molecule has 3 N–H and O–H groups in total. The summed E-state index contributed by atoms with van der Waals surface area (Å²) in [5, 5.41) is 9.76. The summed E-state index contributed by atoms with van der Waals surface area (Å²) >= 11 is 7.07. The van der Waals surface area contributed by atoms with Crippen molar-refractivity contribution in [1.29, 1.82) is 0 Å². The third-order valence-corrected chi connectivity index (χ3v) is 4.97. The Labute approximate surface area is 125 Å². The van der Waals surface area contributed by atoms with Gasteiger partial charge in [-0.3, -0.25) is 4.79 Å². The van der Waals surface area contributed by atoms with Crippen LogP contribution in [0.25, 0.3) is 0 Å². The summed E-state index contributed by atoms with van der Waals surface area (Å²) < 4.78 is 22.8. The first-order valence-electron chi connectivity index (χ1n) is 5.47. The maximum atomic E-state index is 12.0. The molecular weight excluding hydrogens is 320 g/mol. The summed E-state index contributed by atoms with van der Waals surface area (Å²) in [6.07, 6.45) is 0. The quantitative estimate of drug-likeness (QED) is 0.906. The zero-order valence-electron chi connectivity index (χ0n) is 10.4. The Morgan fingerprint density at radius 2 is 2.05 bits per heavy atom. The van der Waals surface area contributed by atoms with Crippen LogP contribution in [0.2, 0.25) is 5.02 Å². The van der Waals surface area contributed by atoms with Crippen LogP contribution in [-0.4, -0.2) is 14.3 Å². The van der Waals surface area contributed by atoms with Gasteiger partial charge < -0.3 is 5.32 Å². The second kappa shape index (κ2) is 5.53. The Balaban J connectivity index is 2.32. The van der Waals surface area contributed by atoms with Crippen LogP contribution in [0.3, 0.4) is 0 Å². The highest BCUT2D eigenvalue weighted by Gasteiger charge is 2.15. The monoisotopic (exact) mass is 330 g/mol. The largest absolute Gasteiger partial charge is 0.321 e. The Bertz CT molecular complexity index is 769. The summed E-state index contributed by atoms with van der Waals surface area (Å²) in [5.74, 6) is -0.394. The van der Waals surface area contributed by atoms with Gasteiger partial charge in [0.15, 0.2) is 0 Å². The summed E-state index contributed by atoms with van der Waals surface area (Å²) in [4.78, 5) is 12.3. The molecule has 0 saturated heterocycles. The molecule has 1 aromatic heterocycles. The van der Waals surface area contributed by atoms with Crippen LogP contribution in [0.4, 0.5) is 5.69 Å². The summed E-state index contributed by atoms with van der Waals surface area (Å²) in [6.45, 7) is 1.63. The van der Waals surface area contributed by atoms with Gasteiger partial charge in [-0.25, -0.2) is 13.6 Å². The molecule has 8 heteroatoms. The molecule has 2 rings (SSSR count). The van der Waals surface area contributed by atoms with Crippen molar-refractivity contribution in [1.82, 2.24) is 0 Å². The summed E-state index contributed by atoms with van der Waals surface area (Å²) in [6, 6.07) is 6.12. The second-order valence-corrected chi connectivity index (χ2v) is 6.93. The molecule has 0 fully saturated rings. The van der Waals surface area contributed by atoms with E-state index in [4.69, 9.17) is 16.7 Å². The smallest absolute Gasteiger partial charge is 0.267 e. The SMILES string of the molecule is Cc1ccc(NC(=O)c2sccc2Cl)cc1S(N)(=O)=O. The van der Waals surface area contributed by atoms with Crippen LogP contribution in [0, 0.1) is 6.92 Å². The van der Waals surface area contributed by atoms with Crippen molar-refractivity contribution in [3.63, 3.8) is 0 Å². The summed E-state index contributed by atoms with van der Waals surface area (Å²) in [5.41, 5.74) is 0.855. The zero-order chi connectivity index (χ0) is 14.9. The average molecular weight is 331 g/mol. The molecule has 1 aromatic carbocycles. The van der Waals surface area contributed by atoms with Gasteiger partial charge in [-0.2, -0.15) is 0 Å². The number of rotatable bonds is 3. The van der Waals surface area contributed by atoms with Crippen molar-refractivity contribution < 1.29 is 13.2 Å². The third kappa shape index (κ3) is 3.18. The van der Waals surface area contributed by atoms with E-state index in [2.05, 4.69) is 5.32 Å². The Morgan fingerprint density at radius 3 is 2.60 bits per heavy atom. The average Bonchev–Trinajstić information content (AvgIpc) is 2.76.